The summed E-state index contributed by atoms with van der Waals surface area (Å²) in [7, 11) is 3.20. The van der Waals surface area contributed by atoms with E-state index in [9.17, 15) is 4.79 Å². The minimum Gasteiger partial charge on any atom is -0.496 e. The van der Waals surface area contributed by atoms with Gasteiger partial charge in [-0.25, -0.2) is 0 Å². The topological polar surface area (TPSA) is 47.6 Å². The van der Waals surface area contributed by atoms with Crippen molar-refractivity contribution >= 4 is 5.78 Å². The fraction of sp³-hybridized carbons (Fsp3) is 0.588. The second-order valence-electron chi connectivity index (χ2n) is 5.65. The molecule has 0 aliphatic carbocycles. The summed E-state index contributed by atoms with van der Waals surface area (Å²) in [6.07, 6.45) is 3.67. The van der Waals surface area contributed by atoms with E-state index in [0.29, 0.717) is 17.1 Å². The van der Waals surface area contributed by atoms with Crippen LogP contribution in [0.3, 0.4) is 0 Å². The Balaban J connectivity index is 2.45. The summed E-state index contributed by atoms with van der Waals surface area (Å²) < 4.78 is 10.8. The smallest absolute Gasteiger partial charge is 0.176 e. The molecular formula is C17H25NO3. The van der Waals surface area contributed by atoms with Crippen LogP contribution in [0.2, 0.25) is 0 Å². The number of hydrogen-bond donors (Lipinski definition) is 1. The zero-order valence-corrected chi connectivity index (χ0v) is 13.2. The lowest BCUT2D eigenvalue weighted by Gasteiger charge is -2.36. The van der Waals surface area contributed by atoms with Gasteiger partial charge in [-0.05, 0) is 44.5 Å². The van der Waals surface area contributed by atoms with E-state index in [2.05, 4.69) is 12.2 Å². The van der Waals surface area contributed by atoms with Crippen LogP contribution < -0.4 is 14.8 Å². The summed E-state index contributed by atoms with van der Waals surface area (Å²) in [5, 5.41) is 3.35. The number of Topliss-reactive ketones (excluding diaryl/α,β-unsaturated/α-hetero) is 1. The van der Waals surface area contributed by atoms with Crippen LogP contribution >= 0.6 is 0 Å². The van der Waals surface area contributed by atoms with E-state index in [1.165, 1.54) is 0 Å². The molecule has 1 fully saturated rings. The van der Waals surface area contributed by atoms with Gasteiger partial charge in [0.25, 0.3) is 0 Å². The summed E-state index contributed by atoms with van der Waals surface area (Å²) in [6.45, 7) is 3.92. The van der Waals surface area contributed by atoms with Crippen molar-refractivity contribution < 1.29 is 14.3 Å². The number of ether oxygens (including phenoxy) is 2. The normalized spacial score (nSPS) is 17.3. The van der Waals surface area contributed by atoms with Gasteiger partial charge in [0.15, 0.2) is 5.78 Å². The highest BCUT2D eigenvalue weighted by molar-refractivity contribution is 6.05. The molecule has 1 aromatic rings. The van der Waals surface area contributed by atoms with Crippen LogP contribution in [0, 0.1) is 5.41 Å². The zero-order chi connectivity index (χ0) is 15.3. The van der Waals surface area contributed by atoms with Gasteiger partial charge in [-0.3, -0.25) is 4.79 Å². The SMILES string of the molecule is CCCC1(C(=O)c2c(OC)cccc2OC)CCNCC1. The number of ketones is 1. The van der Waals surface area contributed by atoms with E-state index in [-0.39, 0.29) is 11.2 Å². The van der Waals surface area contributed by atoms with Crippen molar-refractivity contribution in [3.8, 4) is 11.5 Å². The molecule has 0 aromatic heterocycles. The lowest BCUT2D eigenvalue weighted by atomic mass is 9.70. The van der Waals surface area contributed by atoms with Crippen molar-refractivity contribution in [3.63, 3.8) is 0 Å². The summed E-state index contributed by atoms with van der Waals surface area (Å²) in [5.74, 6) is 1.38. The van der Waals surface area contributed by atoms with E-state index in [4.69, 9.17) is 9.47 Å². The van der Waals surface area contributed by atoms with Gasteiger partial charge in [0, 0.05) is 5.41 Å². The first-order valence-electron chi connectivity index (χ1n) is 7.65. The van der Waals surface area contributed by atoms with Crippen LogP contribution in [0.5, 0.6) is 11.5 Å². The van der Waals surface area contributed by atoms with Crippen LogP contribution in [-0.4, -0.2) is 33.1 Å². The molecule has 1 aromatic carbocycles. The number of carbonyl (C=O) groups excluding carboxylic acids is 1. The van der Waals surface area contributed by atoms with Crippen LogP contribution in [0.25, 0.3) is 0 Å². The van der Waals surface area contributed by atoms with E-state index in [0.717, 1.165) is 38.8 Å². The standard InChI is InChI=1S/C17H25NO3/c1-4-8-17(9-11-18-12-10-17)16(19)15-13(20-2)6-5-7-14(15)21-3/h5-7,18H,4,8-12H2,1-3H3. The molecule has 2 rings (SSSR count). The first-order chi connectivity index (χ1) is 10.2. The molecule has 0 bridgehead atoms. The fourth-order valence-electron chi connectivity index (χ4n) is 3.31. The predicted molar refractivity (Wildman–Crippen MR) is 83.3 cm³/mol. The molecule has 4 heteroatoms. The van der Waals surface area contributed by atoms with Gasteiger partial charge in [-0.2, -0.15) is 0 Å². The maximum absolute atomic E-state index is 13.3. The highest BCUT2D eigenvalue weighted by Crippen LogP contribution is 2.42. The van der Waals surface area contributed by atoms with E-state index >= 15 is 0 Å². The van der Waals surface area contributed by atoms with Gasteiger partial charge >= 0.3 is 0 Å². The van der Waals surface area contributed by atoms with Gasteiger partial charge < -0.3 is 14.8 Å². The molecule has 1 heterocycles. The average molecular weight is 291 g/mol. The molecule has 1 saturated heterocycles. The zero-order valence-electron chi connectivity index (χ0n) is 13.2. The van der Waals surface area contributed by atoms with E-state index in [1.54, 1.807) is 14.2 Å². The predicted octanol–water partition coefficient (Wildman–Crippen LogP) is 3.06. The van der Waals surface area contributed by atoms with Crippen molar-refractivity contribution in [1.29, 1.82) is 0 Å². The lowest BCUT2D eigenvalue weighted by Crippen LogP contribution is -2.42. The maximum Gasteiger partial charge on any atom is 0.176 e. The fourth-order valence-corrected chi connectivity index (χ4v) is 3.31. The first-order valence-corrected chi connectivity index (χ1v) is 7.65. The largest absolute Gasteiger partial charge is 0.496 e. The number of rotatable bonds is 6. The molecule has 21 heavy (non-hydrogen) atoms. The molecule has 1 aliphatic heterocycles. The molecule has 0 saturated carbocycles. The Morgan fingerprint density at radius 3 is 2.24 bits per heavy atom. The van der Waals surface area contributed by atoms with E-state index < -0.39 is 0 Å². The molecule has 1 N–H and O–H groups in total. The number of hydrogen-bond acceptors (Lipinski definition) is 4. The van der Waals surface area contributed by atoms with Gasteiger partial charge in [0.1, 0.15) is 17.1 Å². The number of carbonyl (C=O) groups is 1. The molecular weight excluding hydrogens is 266 g/mol. The second-order valence-corrected chi connectivity index (χ2v) is 5.65. The molecule has 0 unspecified atom stereocenters. The quantitative estimate of drug-likeness (QED) is 0.818. The summed E-state index contributed by atoms with van der Waals surface area (Å²) >= 11 is 0. The Kier molecular flexibility index (Phi) is 5.23. The Morgan fingerprint density at radius 2 is 1.76 bits per heavy atom. The molecule has 1 aliphatic rings. The van der Waals surface area contributed by atoms with Crippen molar-refractivity contribution in [2.75, 3.05) is 27.3 Å². The Labute approximate surface area is 126 Å². The summed E-state index contributed by atoms with van der Waals surface area (Å²) in [6, 6.07) is 5.51. The molecule has 0 spiro atoms. The summed E-state index contributed by atoms with van der Waals surface area (Å²) in [5.41, 5.74) is 0.305. The first kappa shape index (κ1) is 15.8. The average Bonchev–Trinajstić information content (AvgIpc) is 2.54. The Morgan fingerprint density at radius 1 is 1.19 bits per heavy atom. The summed E-state index contributed by atoms with van der Waals surface area (Å²) in [4.78, 5) is 13.3. The van der Waals surface area contributed by atoms with Crippen molar-refractivity contribution in [3.05, 3.63) is 23.8 Å². The minimum atomic E-state index is -0.290. The molecule has 0 amide bonds. The third kappa shape index (κ3) is 3.05. The third-order valence-electron chi connectivity index (χ3n) is 4.43. The number of methoxy groups -OCH3 is 2. The monoisotopic (exact) mass is 291 g/mol. The number of piperidine rings is 1. The highest BCUT2D eigenvalue weighted by atomic mass is 16.5. The van der Waals surface area contributed by atoms with Crippen LogP contribution in [0.4, 0.5) is 0 Å². The number of nitrogens with one attached hydrogen (secondary N) is 1. The molecule has 0 radical (unpaired) electrons. The van der Waals surface area contributed by atoms with Crippen LogP contribution in [-0.2, 0) is 0 Å². The van der Waals surface area contributed by atoms with Gasteiger partial charge in [-0.15, -0.1) is 0 Å². The van der Waals surface area contributed by atoms with E-state index in [1.807, 2.05) is 18.2 Å². The Bertz CT molecular complexity index is 465. The maximum atomic E-state index is 13.3. The van der Waals surface area contributed by atoms with Gasteiger partial charge in [0.05, 0.1) is 14.2 Å². The van der Waals surface area contributed by atoms with Crippen molar-refractivity contribution in [2.24, 2.45) is 5.41 Å². The molecule has 4 nitrogen and oxygen atoms in total. The second kappa shape index (κ2) is 6.94. The van der Waals surface area contributed by atoms with Gasteiger partial charge in [0.2, 0.25) is 0 Å². The Hall–Kier alpha value is -1.55. The van der Waals surface area contributed by atoms with Crippen molar-refractivity contribution in [2.45, 2.75) is 32.6 Å². The number of benzene rings is 1. The highest BCUT2D eigenvalue weighted by Gasteiger charge is 2.41. The minimum absolute atomic E-state index is 0.167. The van der Waals surface area contributed by atoms with Gasteiger partial charge in [-0.1, -0.05) is 19.4 Å². The van der Waals surface area contributed by atoms with Crippen molar-refractivity contribution in [1.82, 2.24) is 5.32 Å². The molecule has 0 atom stereocenters. The van der Waals surface area contributed by atoms with Crippen LogP contribution in [0.15, 0.2) is 18.2 Å². The third-order valence-corrected chi connectivity index (χ3v) is 4.43. The lowest BCUT2D eigenvalue weighted by molar-refractivity contribution is 0.0697. The van der Waals surface area contributed by atoms with Crippen LogP contribution in [0.1, 0.15) is 43.0 Å². The molecule has 116 valence electrons.